The molecule has 3 rings (SSSR count). The van der Waals surface area contributed by atoms with Crippen LogP contribution in [0.5, 0.6) is 5.75 Å². The van der Waals surface area contributed by atoms with Crippen LogP contribution in [0.15, 0.2) is 47.3 Å². The van der Waals surface area contributed by atoms with Crippen molar-refractivity contribution in [2.45, 2.75) is 0 Å². The quantitative estimate of drug-likeness (QED) is 0.771. The van der Waals surface area contributed by atoms with Crippen LogP contribution in [0.2, 0.25) is 5.02 Å². The molecule has 0 fully saturated rings. The minimum Gasteiger partial charge on any atom is -0.484 e. The summed E-state index contributed by atoms with van der Waals surface area (Å²) in [6, 6.07) is 12.0. The smallest absolute Gasteiger partial charge is 0.326 e. The number of imidazole rings is 1. The number of aromatic amines is 1. The van der Waals surface area contributed by atoms with Gasteiger partial charge in [0.2, 0.25) is 0 Å². The molecule has 3 aromatic rings. The fraction of sp³-hybridized carbons (Fsp3) is 0.125. The zero-order valence-corrected chi connectivity index (χ0v) is 13.1. The number of ether oxygens (including phenoxy) is 1. The number of rotatable bonds is 4. The average molecular weight is 332 g/mol. The first kappa shape index (κ1) is 15.2. The Balaban J connectivity index is 1.65. The number of carbonyl (C=O) groups excluding carboxylic acids is 1. The summed E-state index contributed by atoms with van der Waals surface area (Å²) in [7, 11) is 1.68. The Kier molecular flexibility index (Phi) is 4.08. The van der Waals surface area contributed by atoms with Crippen LogP contribution >= 0.6 is 11.6 Å². The van der Waals surface area contributed by atoms with E-state index >= 15 is 0 Å². The van der Waals surface area contributed by atoms with Crippen LogP contribution in [0.4, 0.5) is 5.69 Å². The number of aryl methyl sites for hydroxylation is 1. The highest BCUT2D eigenvalue weighted by molar-refractivity contribution is 6.30. The molecule has 7 heteroatoms. The van der Waals surface area contributed by atoms with Crippen molar-refractivity contribution >= 4 is 34.2 Å². The number of anilines is 1. The fourth-order valence-corrected chi connectivity index (χ4v) is 2.32. The maximum Gasteiger partial charge on any atom is 0.326 e. The molecule has 0 aliphatic carbocycles. The summed E-state index contributed by atoms with van der Waals surface area (Å²) >= 11 is 5.78. The molecule has 0 spiro atoms. The first-order chi connectivity index (χ1) is 11.0. The van der Waals surface area contributed by atoms with Crippen molar-refractivity contribution in [1.29, 1.82) is 0 Å². The Labute approximate surface area is 136 Å². The van der Waals surface area contributed by atoms with Crippen molar-refractivity contribution in [2.24, 2.45) is 7.05 Å². The van der Waals surface area contributed by atoms with Crippen molar-refractivity contribution in [2.75, 3.05) is 11.9 Å². The van der Waals surface area contributed by atoms with Gasteiger partial charge in [-0.2, -0.15) is 0 Å². The summed E-state index contributed by atoms with van der Waals surface area (Å²) in [5, 5.41) is 3.33. The van der Waals surface area contributed by atoms with Crippen LogP contribution < -0.4 is 15.7 Å². The fourth-order valence-electron chi connectivity index (χ4n) is 2.19. The number of hydrogen-bond donors (Lipinski definition) is 2. The molecule has 0 aliphatic heterocycles. The van der Waals surface area contributed by atoms with Crippen molar-refractivity contribution in [3.63, 3.8) is 0 Å². The highest BCUT2D eigenvalue weighted by Crippen LogP contribution is 2.17. The maximum atomic E-state index is 11.9. The SMILES string of the molecule is Cn1c(=O)[nH]c2cc(NC(=O)COc3ccc(Cl)cc3)ccc21. The van der Waals surface area contributed by atoms with E-state index < -0.39 is 0 Å². The molecule has 2 N–H and O–H groups in total. The third kappa shape index (κ3) is 3.37. The molecule has 0 aliphatic rings. The van der Waals surface area contributed by atoms with Gasteiger partial charge in [0, 0.05) is 17.8 Å². The molecule has 118 valence electrons. The number of fused-ring (bicyclic) bond motifs is 1. The van der Waals surface area contributed by atoms with Crippen molar-refractivity contribution in [1.82, 2.24) is 9.55 Å². The Bertz CT molecular complexity index is 912. The Morgan fingerprint density at radius 2 is 2.00 bits per heavy atom. The van der Waals surface area contributed by atoms with E-state index in [0.717, 1.165) is 5.52 Å². The molecule has 0 saturated carbocycles. The van der Waals surface area contributed by atoms with E-state index in [9.17, 15) is 9.59 Å². The second kappa shape index (κ2) is 6.18. The maximum absolute atomic E-state index is 11.9. The second-order valence-electron chi connectivity index (χ2n) is 5.01. The summed E-state index contributed by atoms with van der Waals surface area (Å²) in [5.41, 5.74) is 1.82. The van der Waals surface area contributed by atoms with Crippen molar-refractivity contribution in [3.8, 4) is 5.75 Å². The lowest BCUT2D eigenvalue weighted by molar-refractivity contribution is -0.118. The average Bonchev–Trinajstić information content (AvgIpc) is 2.81. The minimum atomic E-state index is -0.294. The molecule has 0 radical (unpaired) electrons. The number of nitrogens with one attached hydrogen (secondary N) is 2. The van der Waals surface area contributed by atoms with Crippen LogP contribution in [-0.2, 0) is 11.8 Å². The third-order valence-electron chi connectivity index (χ3n) is 3.37. The lowest BCUT2D eigenvalue weighted by Gasteiger charge is -2.08. The topological polar surface area (TPSA) is 76.1 Å². The van der Waals surface area contributed by atoms with E-state index in [1.54, 1.807) is 49.5 Å². The Morgan fingerprint density at radius 1 is 1.26 bits per heavy atom. The Morgan fingerprint density at radius 3 is 2.74 bits per heavy atom. The van der Waals surface area contributed by atoms with Crippen molar-refractivity contribution in [3.05, 3.63) is 58.0 Å². The predicted molar refractivity (Wildman–Crippen MR) is 89.1 cm³/mol. The van der Waals surface area contributed by atoms with Gasteiger partial charge in [0.05, 0.1) is 11.0 Å². The van der Waals surface area contributed by atoms with Gasteiger partial charge in [0.1, 0.15) is 5.75 Å². The number of H-pyrrole nitrogens is 1. The van der Waals surface area contributed by atoms with Crippen LogP contribution in [0.25, 0.3) is 11.0 Å². The highest BCUT2D eigenvalue weighted by Gasteiger charge is 2.07. The zero-order chi connectivity index (χ0) is 16.4. The van der Waals surface area contributed by atoms with Crippen LogP contribution in [-0.4, -0.2) is 22.1 Å². The van der Waals surface area contributed by atoms with Gasteiger partial charge in [0.25, 0.3) is 5.91 Å². The molecule has 0 saturated heterocycles. The molecule has 6 nitrogen and oxygen atoms in total. The summed E-state index contributed by atoms with van der Waals surface area (Å²) in [6.45, 7) is -0.120. The molecule has 0 atom stereocenters. The van der Waals surface area contributed by atoms with E-state index in [0.29, 0.717) is 22.0 Å². The van der Waals surface area contributed by atoms with Gasteiger partial charge in [-0.25, -0.2) is 4.79 Å². The predicted octanol–water partition coefficient (Wildman–Crippen LogP) is 2.54. The summed E-state index contributed by atoms with van der Waals surface area (Å²) in [4.78, 5) is 26.2. The minimum absolute atomic E-state index is 0.120. The number of amides is 1. The second-order valence-corrected chi connectivity index (χ2v) is 5.45. The Hall–Kier alpha value is -2.73. The van der Waals surface area contributed by atoms with E-state index in [1.165, 1.54) is 4.57 Å². The molecule has 0 unspecified atom stereocenters. The molecule has 1 aromatic heterocycles. The number of hydrogen-bond acceptors (Lipinski definition) is 3. The van der Waals surface area contributed by atoms with Gasteiger partial charge in [-0.3, -0.25) is 9.36 Å². The van der Waals surface area contributed by atoms with E-state index in [2.05, 4.69) is 10.3 Å². The zero-order valence-electron chi connectivity index (χ0n) is 12.3. The van der Waals surface area contributed by atoms with Gasteiger partial charge < -0.3 is 15.0 Å². The normalized spacial score (nSPS) is 10.7. The molecule has 1 heterocycles. The number of halogens is 1. The molecule has 23 heavy (non-hydrogen) atoms. The molecular formula is C16H14ClN3O3. The van der Waals surface area contributed by atoms with E-state index in [4.69, 9.17) is 16.3 Å². The molecular weight excluding hydrogens is 318 g/mol. The lowest BCUT2D eigenvalue weighted by Crippen LogP contribution is -2.20. The summed E-state index contributed by atoms with van der Waals surface area (Å²) < 4.78 is 6.88. The number of benzene rings is 2. The monoisotopic (exact) mass is 331 g/mol. The molecule has 2 aromatic carbocycles. The summed E-state index contributed by atoms with van der Waals surface area (Å²) in [6.07, 6.45) is 0. The number of nitrogens with zero attached hydrogens (tertiary/aromatic N) is 1. The standard InChI is InChI=1S/C16H14ClN3O3/c1-20-14-7-4-11(8-13(14)19-16(20)22)18-15(21)9-23-12-5-2-10(17)3-6-12/h2-8H,9H2,1H3,(H,18,21)(H,19,22). The number of aromatic nitrogens is 2. The van der Waals surface area contributed by atoms with Crippen LogP contribution in [0.3, 0.4) is 0 Å². The first-order valence-corrected chi connectivity index (χ1v) is 7.28. The van der Waals surface area contributed by atoms with E-state index in [-0.39, 0.29) is 18.2 Å². The lowest BCUT2D eigenvalue weighted by atomic mass is 10.2. The van der Waals surface area contributed by atoms with Gasteiger partial charge in [-0.1, -0.05) is 11.6 Å². The number of carbonyl (C=O) groups is 1. The van der Waals surface area contributed by atoms with Crippen LogP contribution in [0.1, 0.15) is 0 Å². The van der Waals surface area contributed by atoms with Gasteiger partial charge in [0.15, 0.2) is 6.61 Å². The molecule has 1 amide bonds. The van der Waals surface area contributed by atoms with Gasteiger partial charge >= 0.3 is 5.69 Å². The van der Waals surface area contributed by atoms with Crippen LogP contribution in [0, 0.1) is 0 Å². The van der Waals surface area contributed by atoms with Gasteiger partial charge in [-0.15, -0.1) is 0 Å². The largest absolute Gasteiger partial charge is 0.484 e. The third-order valence-corrected chi connectivity index (χ3v) is 3.62. The summed E-state index contributed by atoms with van der Waals surface area (Å²) in [5.74, 6) is 0.268. The van der Waals surface area contributed by atoms with E-state index in [1.807, 2.05) is 0 Å². The van der Waals surface area contributed by atoms with Gasteiger partial charge in [-0.05, 0) is 42.5 Å². The first-order valence-electron chi connectivity index (χ1n) is 6.90. The molecule has 0 bridgehead atoms. The van der Waals surface area contributed by atoms with Crippen molar-refractivity contribution < 1.29 is 9.53 Å². The highest BCUT2D eigenvalue weighted by atomic mass is 35.5.